The standard InChI is InChI=1S/C47H29N3/c1-2-14-33(15-3-1)45-48-46(42-24-10-21-38-37(20-9-22-39(38)42)36-19-8-16-30-12-4-6-17-34(30)36)50-47(49-45)43-25-11-23-41-40(43)29-28-32-27-26-31-13-5-7-18-35(31)44(32)41/h1-29H. The van der Waals surface area contributed by atoms with Gasteiger partial charge in [0.15, 0.2) is 17.5 Å². The van der Waals surface area contributed by atoms with Crippen LogP contribution in [0, 0.1) is 0 Å². The third-order valence-corrected chi connectivity index (χ3v) is 9.92. The van der Waals surface area contributed by atoms with Crippen molar-refractivity contribution < 1.29 is 0 Å². The molecule has 0 saturated carbocycles. The van der Waals surface area contributed by atoms with Crippen LogP contribution in [0.2, 0.25) is 0 Å². The third kappa shape index (κ3) is 4.56. The highest BCUT2D eigenvalue weighted by molar-refractivity contribution is 6.22. The van der Waals surface area contributed by atoms with Crippen LogP contribution >= 0.6 is 0 Å². The smallest absolute Gasteiger partial charge is 0.164 e. The van der Waals surface area contributed by atoms with Crippen LogP contribution in [-0.4, -0.2) is 15.0 Å². The first-order chi connectivity index (χ1) is 24.8. The Balaban J connectivity index is 1.23. The molecule has 9 aromatic carbocycles. The molecular weight excluding hydrogens is 607 g/mol. The van der Waals surface area contributed by atoms with Crippen molar-refractivity contribution >= 4 is 53.9 Å². The summed E-state index contributed by atoms with van der Waals surface area (Å²) in [6, 6.07) is 62.2. The van der Waals surface area contributed by atoms with Crippen LogP contribution in [0.4, 0.5) is 0 Å². The lowest BCUT2D eigenvalue weighted by Crippen LogP contribution is -2.01. The third-order valence-electron chi connectivity index (χ3n) is 9.92. The number of benzene rings is 9. The maximum absolute atomic E-state index is 5.27. The lowest BCUT2D eigenvalue weighted by molar-refractivity contribution is 1.08. The van der Waals surface area contributed by atoms with Gasteiger partial charge in [0.2, 0.25) is 0 Å². The molecule has 0 aliphatic heterocycles. The first kappa shape index (κ1) is 28.3. The molecule has 0 spiro atoms. The molecule has 0 aliphatic carbocycles. The molecule has 10 rings (SSSR count). The van der Waals surface area contributed by atoms with Crippen LogP contribution in [0.5, 0.6) is 0 Å². The maximum Gasteiger partial charge on any atom is 0.164 e. The van der Waals surface area contributed by atoms with Gasteiger partial charge in [-0.2, -0.15) is 0 Å². The van der Waals surface area contributed by atoms with Gasteiger partial charge in [-0.1, -0.05) is 176 Å². The van der Waals surface area contributed by atoms with Gasteiger partial charge in [-0.3, -0.25) is 0 Å². The number of hydrogen-bond donors (Lipinski definition) is 0. The second-order valence-electron chi connectivity index (χ2n) is 12.8. The van der Waals surface area contributed by atoms with Crippen LogP contribution < -0.4 is 0 Å². The van der Waals surface area contributed by atoms with E-state index in [-0.39, 0.29) is 0 Å². The van der Waals surface area contributed by atoms with Crippen molar-refractivity contribution in [2.45, 2.75) is 0 Å². The van der Waals surface area contributed by atoms with Gasteiger partial charge in [-0.05, 0) is 65.0 Å². The van der Waals surface area contributed by atoms with Gasteiger partial charge in [0.05, 0.1) is 0 Å². The Morgan fingerprint density at radius 1 is 0.240 bits per heavy atom. The van der Waals surface area contributed by atoms with Crippen molar-refractivity contribution in [1.82, 2.24) is 15.0 Å². The van der Waals surface area contributed by atoms with Gasteiger partial charge in [0.25, 0.3) is 0 Å². The van der Waals surface area contributed by atoms with E-state index in [9.17, 15) is 0 Å². The quantitative estimate of drug-likeness (QED) is 0.181. The Kier molecular flexibility index (Phi) is 6.49. The number of nitrogens with zero attached hydrogens (tertiary/aromatic N) is 3. The summed E-state index contributed by atoms with van der Waals surface area (Å²) in [5.41, 5.74) is 5.30. The topological polar surface area (TPSA) is 38.7 Å². The van der Waals surface area contributed by atoms with Gasteiger partial charge in [0.1, 0.15) is 0 Å². The highest BCUT2D eigenvalue weighted by Gasteiger charge is 2.18. The van der Waals surface area contributed by atoms with Gasteiger partial charge < -0.3 is 0 Å². The van der Waals surface area contributed by atoms with Crippen molar-refractivity contribution in [3.63, 3.8) is 0 Å². The fourth-order valence-electron chi connectivity index (χ4n) is 7.59. The molecule has 1 heterocycles. The maximum atomic E-state index is 5.27. The predicted molar refractivity (Wildman–Crippen MR) is 209 cm³/mol. The van der Waals surface area contributed by atoms with Crippen molar-refractivity contribution in [3.05, 3.63) is 176 Å². The second-order valence-corrected chi connectivity index (χ2v) is 12.8. The average molecular weight is 636 g/mol. The highest BCUT2D eigenvalue weighted by Crippen LogP contribution is 2.39. The first-order valence-electron chi connectivity index (χ1n) is 17.0. The van der Waals surface area contributed by atoms with Crippen LogP contribution in [0.1, 0.15) is 0 Å². The van der Waals surface area contributed by atoms with Crippen LogP contribution in [0.15, 0.2) is 176 Å². The molecule has 0 amide bonds. The van der Waals surface area contributed by atoms with Crippen molar-refractivity contribution in [2.75, 3.05) is 0 Å². The van der Waals surface area contributed by atoms with Gasteiger partial charge in [0, 0.05) is 16.7 Å². The lowest BCUT2D eigenvalue weighted by atomic mass is 9.92. The molecule has 0 atom stereocenters. The molecular formula is C47H29N3. The monoisotopic (exact) mass is 635 g/mol. The molecule has 0 fully saturated rings. The summed E-state index contributed by atoms with van der Waals surface area (Å²) >= 11 is 0. The predicted octanol–water partition coefficient (Wildman–Crippen LogP) is 12.3. The normalized spacial score (nSPS) is 11.6. The van der Waals surface area contributed by atoms with E-state index in [4.69, 9.17) is 15.0 Å². The summed E-state index contributed by atoms with van der Waals surface area (Å²) in [7, 11) is 0. The first-order valence-corrected chi connectivity index (χ1v) is 17.0. The zero-order valence-corrected chi connectivity index (χ0v) is 27.1. The van der Waals surface area contributed by atoms with E-state index >= 15 is 0 Å². The lowest BCUT2D eigenvalue weighted by Gasteiger charge is -2.14. The van der Waals surface area contributed by atoms with E-state index in [2.05, 4.69) is 158 Å². The van der Waals surface area contributed by atoms with E-state index in [1.807, 2.05) is 18.2 Å². The summed E-state index contributed by atoms with van der Waals surface area (Å²) in [6.07, 6.45) is 0. The Bertz CT molecular complexity index is 2920. The SMILES string of the molecule is c1ccc(-c2nc(-c3cccc4c(-c5cccc6ccccc56)cccc34)nc(-c3cccc4c3ccc3ccc5ccccc5c34)n2)cc1. The van der Waals surface area contributed by atoms with Crippen molar-refractivity contribution in [1.29, 1.82) is 0 Å². The van der Waals surface area contributed by atoms with Crippen LogP contribution in [0.3, 0.4) is 0 Å². The molecule has 0 N–H and O–H groups in total. The summed E-state index contributed by atoms with van der Waals surface area (Å²) in [6.45, 7) is 0. The van der Waals surface area contributed by atoms with Gasteiger partial charge in [-0.25, -0.2) is 15.0 Å². The summed E-state index contributed by atoms with van der Waals surface area (Å²) in [5, 5.41) is 12.0. The number of fused-ring (bicyclic) bond motifs is 7. The molecule has 0 bridgehead atoms. The molecule has 1 aromatic heterocycles. The molecule has 0 radical (unpaired) electrons. The number of rotatable bonds is 4. The molecule has 0 saturated heterocycles. The highest BCUT2D eigenvalue weighted by atomic mass is 15.0. The van der Waals surface area contributed by atoms with Crippen molar-refractivity contribution in [2.24, 2.45) is 0 Å². The Morgan fingerprint density at radius 3 is 1.42 bits per heavy atom. The zero-order valence-electron chi connectivity index (χ0n) is 27.1. The van der Waals surface area contributed by atoms with Crippen LogP contribution in [0.25, 0.3) is 99.2 Å². The van der Waals surface area contributed by atoms with E-state index in [0.717, 1.165) is 32.8 Å². The number of hydrogen-bond acceptors (Lipinski definition) is 3. The minimum Gasteiger partial charge on any atom is -0.208 e. The molecule has 50 heavy (non-hydrogen) atoms. The van der Waals surface area contributed by atoms with E-state index in [1.165, 1.54) is 48.8 Å². The Morgan fingerprint density at radius 2 is 0.680 bits per heavy atom. The Labute approximate surface area is 289 Å². The zero-order chi connectivity index (χ0) is 33.0. The van der Waals surface area contributed by atoms with E-state index < -0.39 is 0 Å². The van der Waals surface area contributed by atoms with Crippen LogP contribution in [-0.2, 0) is 0 Å². The summed E-state index contributed by atoms with van der Waals surface area (Å²) in [5.74, 6) is 1.95. The molecule has 3 nitrogen and oxygen atoms in total. The molecule has 0 unspecified atom stereocenters. The fraction of sp³-hybridized carbons (Fsp3) is 0. The number of aromatic nitrogens is 3. The van der Waals surface area contributed by atoms with E-state index in [0.29, 0.717) is 17.5 Å². The largest absolute Gasteiger partial charge is 0.208 e. The fourth-order valence-corrected chi connectivity index (χ4v) is 7.59. The molecule has 232 valence electrons. The minimum absolute atomic E-state index is 0.649. The van der Waals surface area contributed by atoms with E-state index in [1.54, 1.807) is 0 Å². The minimum atomic E-state index is 0.649. The molecule has 10 aromatic rings. The van der Waals surface area contributed by atoms with Gasteiger partial charge in [-0.15, -0.1) is 0 Å². The summed E-state index contributed by atoms with van der Waals surface area (Å²) in [4.78, 5) is 15.6. The van der Waals surface area contributed by atoms with Gasteiger partial charge >= 0.3 is 0 Å². The van der Waals surface area contributed by atoms with Crippen molar-refractivity contribution in [3.8, 4) is 45.3 Å². The Hall–Kier alpha value is -6.71. The average Bonchev–Trinajstić information content (AvgIpc) is 3.19. The molecule has 3 heteroatoms. The molecule has 0 aliphatic rings. The second kappa shape index (κ2) is 11.5. The summed E-state index contributed by atoms with van der Waals surface area (Å²) < 4.78 is 0.